The van der Waals surface area contributed by atoms with Crippen molar-refractivity contribution in [3.8, 4) is 0 Å². The van der Waals surface area contributed by atoms with Crippen LogP contribution in [0.1, 0.15) is 6.42 Å². The number of carbonyl (C=O) groups is 2. The number of amides is 2. The largest absolute Gasteiger partial charge is 0.370 e. The van der Waals surface area contributed by atoms with Crippen LogP contribution in [0.15, 0.2) is 18.3 Å². The van der Waals surface area contributed by atoms with Gasteiger partial charge in [-0.3, -0.25) is 9.59 Å². The lowest BCUT2D eigenvalue weighted by atomic mass is 10.2. The molecule has 0 saturated carbocycles. The predicted octanol–water partition coefficient (Wildman–Crippen LogP) is -0.638. The summed E-state index contributed by atoms with van der Waals surface area (Å²) in [4.78, 5) is 25.2. The van der Waals surface area contributed by atoms with Crippen molar-refractivity contribution in [2.45, 2.75) is 12.5 Å². The van der Waals surface area contributed by atoms with E-state index in [-0.39, 0.29) is 6.42 Å². The molecule has 0 spiro atoms. The molecule has 1 atom stereocenters. The number of hydrogen-bond donors (Lipinski definition) is 3. The minimum Gasteiger partial charge on any atom is -0.370 e. The Balaban J connectivity index is 2.57. The molecular weight excluding hydrogens is 215 g/mol. The number of primary amides is 1. The van der Waals surface area contributed by atoms with Gasteiger partial charge in [0.25, 0.3) is 0 Å². The van der Waals surface area contributed by atoms with Crippen molar-refractivity contribution < 1.29 is 14.0 Å². The molecule has 7 heteroatoms. The highest BCUT2D eigenvalue weighted by Crippen LogP contribution is 2.05. The van der Waals surface area contributed by atoms with Gasteiger partial charge in [0, 0.05) is 0 Å². The van der Waals surface area contributed by atoms with Crippen LogP contribution in [0.5, 0.6) is 0 Å². The normalized spacial score (nSPS) is 11.9. The van der Waals surface area contributed by atoms with Crippen LogP contribution in [0, 0.1) is 5.95 Å². The topological polar surface area (TPSA) is 111 Å². The number of pyridine rings is 1. The summed E-state index contributed by atoms with van der Waals surface area (Å²) in [5, 5.41) is 2.37. The van der Waals surface area contributed by atoms with Gasteiger partial charge in [0.05, 0.1) is 24.3 Å². The number of nitrogens with zero attached hydrogens (tertiary/aromatic N) is 1. The zero-order valence-corrected chi connectivity index (χ0v) is 8.31. The molecule has 1 heterocycles. The molecule has 0 bridgehead atoms. The van der Waals surface area contributed by atoms with Crippen molar-refractivity contribution in [2.24, 2.45) is 11.5 Å². The van der Waals surface area contributed by atoms with E-state index in [1.807, 2.05) is 0 Å². The zero-order valence-electron chi connectivity index (χ0n) is 8.31. The molecule has 0 radical (unpaired) electrons. The van der Waals surface area contributed by atoms with E-state index in [4.69, 9.17) is 11.5 Å². The van der Waals surface area contributed by atoms with Gasteiger partial charge in [0.1, 0.15) is 0 Å². The molecule has 1 aromatic rings. The van der Waals surface area contributed by atoms with Gasteiger partial charge in [-0.1, -0.05) is 0 Å². The molecule has 16 heavy (non-hydrogen) atoms. The van der Waals surface area contributed by atoms with Crippen molar-refractivity contribution in [1.82, 2.24) is 4.98 Å². The maximum atomic E-state index is 12.4. The summed E-state index contributed by atoms with van der Waals surface area (Å²) in [5.41, 5.74) is 10.6. The van der Waals surface area contributed by atoms with Gasteiger partial charge < -0.3 is 16.8 Å². The Kier molecular flexibility index (Phi) is 3.90. The second kappa shape index (κ2) is 5.17. The van der Waals surface area contributed by atoms with Crippen LogP contribution in [0.3, 0.4) is 0 Å². The Labute approximate surface area is 90.8 Å². The Morgan fingerprint density at radius 1 is 1.50 bits per heavy atom. The first kappa shape index (κ1) is 12.1. The van der Waals surface area contributed by atoms with Crippen molar-refractivity contribution in [3.63, 3.8) is 0 Å². The molecule has 6 nitrogen and oxygen atoms in total. The average molecular weight is 226 g/mol. The summed E-state index contributed by atoms with van der Waals surface area (Å²) in [6.07, 6.45) is 0.894. The van der Waals surface area contributed by atoms with E-state index in [2.05, 4.69) is 10.3 Å². The third kappa shape index (κ3) is 3.62. The summed E-state index contributed by atoms with van der Waals surface area (Å²) in [6.45, 7) is 0. The van der Waals surface area contributed by atoms with Gasteiger partial charge in [0.15, 0.2) is 0 Å². The fourth-order valence-corrected chi connectivity index (χ4v) is 0.994. The van der Waals surface area contributed by atoms with E-state index < -0.39 is 23.8 Å². The van der Waals surface area contributed by atoms with Crippen molar-refractivity contribution >= 4 is 17.5 Å². The van der Waals surface area contributed by atoms with E-state index in [0.717, 1.165) is 12.3 Å². The zero-order chi connectivity index (χ0) is 12.1. The molecule has 86 valence electrons. The second-order valence-electron chi connectivity index (χ2n) is 3.14. The minimum absolute atomic E-state index is 0.250. The number of nitrogens with one attached hydrogen (secondary N) is 1. The first-order valence-corrected chi connectivity index (χ1v) is 4.45. The molecule has 1 unspecified atom stereocenters. The third-order valence-electron chi connectivity index (χ3n) is 1.75. The lowest BCUT2D eigenvalue weighted by Gasteiger charge is -2.09. The standard InChI is InChI=1S/C9H11FN4O2/c10-7-2-1-5(4-13-7)14-9(16)6(11)3-8(12)15/h1-2,4,6H,3,11H2,(H2,12,15)(H,14,16). The van der Waals surface area contributed by atoms with Crippen molar-refractivity contribution in [2.75, 3.05) is 5.32 Å². The first-order chi connectivity index (χ1) is 7.49. The highest BCUT2D eigenvalue weighted by Gasteiger charge is 2.15. The van der Waals surface area contributed by atoms with E-state index in [1.54, 1.807) is 0 Å². The molecule has 1 aromatic heterocycles. The van der Waals surface area contributed by atoms with Crippen LogP contribution in [-0.2, 0) is 9.59 Å². The van der Waals surface area contributed by atoms with E-state index in [1.165, 1.54) is 6.07 Å². The molecule has 1 rings (SSSR count). The molecule has 0 fully saturated rings. The van der Waals surface area contributed by atoms with Gasteiger partial charge in [-0.25, -0.2) is 4.98 Å². The number of halogens is 1. The molecule has 2 amide bonds. The molecule has 0 aliphatic carbocycles. The lowest BCUT2D eigenvalue weighted by molar-refractivity contribution is -0.123. The lowest BCUT2D eigenvalue weighted by Crippen LogP contribution is -2.39. The molecular formula is C9H11FN4O2. The van der Waals surface area contributed by atoms with Crippen LogP contribution in [0.2, 0.25) is 0 Å². The summed E-state index contributed by atoms with van der Waals surface area (Å²) >= 11 is 0. The van der Waals surface area contributed by atoms with Gasteiger partial charge in [-0.15, -0.1) is 0 Å². The maximum absolute atomic E-state index is 12.4. The molecule has 0 aliphatic heterocycles. The Morgan fingerprint density at radius 3 is 2.69 bits per heavy atom. The molecule has 0 aromatic carbocycles. The quantitative estimate of drug-likeness (QED) is 0.593. The van der Waals surface area contributed by atoms with E-state index in [9.17, 15) is 14.0 Å². The molecule has 5 N–H and O–H groups in total. The smallest absolute Gasteiger partial charge is 0.241 e. The highest BCUT2D eigenvalue weighted by molar-refractivity contribution is 5.97. The fourth-order valence-electron chi connectivity index (χ4n) is 0.994. The highest BCUT2D eigenvalue weighted by atomic mass is 19.1. The summed E-state index contributed by atoms with van der Waals surface area (Å²) in [7, 11) is 0. The third-order valence-corrected chi connectivity index (χ3v) is 1.75. The molecule has 0 saturated heterocycles. The summed E-state index contributed by atoms with van der Waals surface area (Å²) in [5.74, 6) is -1.90. The van der Waals surface area contributed by atoms with E-state index >= 15 is 0 Å². The summed E-state index contributed by atoms with van der Waals surface area (Å²) in [6, 6.07) is 1.40. The van der Waals surface area contributed by atoms with Gasteiger partial charge in [-0.2, -0.15) is 4.39 Å². The number of rotatable bonds is 4. The van der Waals surface area contributed by atoms with E-state index in [0.29, 0.717) is 5.69 Å². The Morgan fingerprint density at radius 2 is 2.19 bits per heavy atom. The van der Waals surface area contributed by atoms with Crippen LogP contribution < -0.4 is 16.8 Å². The van der Waals surface area contributed by atoms with Crippen LogP contribution in [-0.4, -0.2) is 22.8 Å². The summed E-state index contributed by atoms with van der Waals surface area (Å²) < 4.78 is 12.4. The number of carbonyl (C=O) groups excluding carboxylic acids is 2. The van der Waals surface area contributed by atoms with Crippen molar-refractivity contribution in [1.29, 1.82) is 0 Å². The predicted molar refractivity (Wildman–Crippen MR) is 54.6 cm³/mol. The van der Waals surface area contributed by atoms with Gasteiger partial charge >= 0.3 is 0 Å². The SMILES string of the molecule is NC(=O)CC(N)C(=O)Nc1ccc(F)nc1. The second-order valence-corrected chi connectivity index (χ2v) is 3.14. The average Bonchev–Trinajstić information content (AvgIpc) is 2.20. The molecule has 0 aliphatic rings. The maximum Gasteiger partial charge on any atom is 0.241 e. The van der Waals surface area contributed by atoms with Crippen LogP contribution in [0.4, 0.5) is 10.1 Å². The van der Waals surface area contributed by atoms with Gasteiger partial charge in [0.2, 0.25) is 17.8 Å². The van der Waals surface area contributed by atoms with Crippen LogP contribution >= 0.6 is 0 Å². The number of hydrogen-bond acceptors (Lipinski definition) is 4. The Hall–Kier alpha value is -2.02. The van der Waals surface area contributed by atoms with Gasteiger partial charge in [-0.05, 0) is 12.1 Å². The fraction of sp³-hybridized carbons (Fsp3) is 0.222. The number of anilines is 1. The number of nitrogens with two attached hydrogens (primary N) is 2. The monoisotopic (exact) mass is 226 g/mol. The first-order valence-electron chi connectivity index (χ1n) is 4.45. The minimum atomic E-state index is -1.03. The van der Waals surface area contributed by atoms with Crippen LogP contribution in [0.25, 0.3) is 0 Å². The van der Waals surface area contributed by atoms with Crippen molar-refractivity contribution in [3.05, 3.63) is 24.3 Å². The Bertz CT molecular complexity index is 393. The number of aromatic nitrogens is 1.